The van der Waals surface area contributed by atoms with Crippen LogP contribution >= 0.6 is 15.9 Å². The van der Waals surface area contributed by atoms with Crippen molar-refractivity contribution in [3.8, 4) is 0 Å². The van der Waals surface area contributed by atoms with Gasteiger partial charge < -0.3 is 10.5 Å². The van der Waals surface area contributed by atoms with Gasteiger partial charge in [0.15, 0.2) is 5.78 Å². The van der Waals surface area contributed by atoms with Gasteiger partial charge in [-0.1, -0.05) is 40.2 Å². The van der Waals surface area contributed by atoms with E-state index in [0.717, 1.165) is 24.8 Å². The van der Waals surface area contributed by atoms with Crippen LogP contribution in [0.5, 0.6) is 0 Å². The summed E-state index contributed by atoms with van der Waals surface area (Å²) < 4.78 is 5.23. The Kier molecular flexibility index (Phi) is 3.71. The minimum atomic E-state index is -0.754. The van der Waals surface area contributed by atoms with E-state index in [1.807, 2.05) is 12.1 Å². The molecule has 0 atom stereocenters. The third kappa shape index (κ3) is 2.41. The van der Waals surface area contributed by atoms with E-state index in [1.165, 1.54) is 0 Å². The maximum absolute atomic E-state index is 11.5. The molecule has 1 saturated carbocycles. The molecular formula is C13H14BrNO3. The summed E-state index contributed by atoms with van der Waals surface area (Å²) in [7, 11) is 0. The Morgan fingerprint density at radius 2 is 1.89 bits per heavy atom. The van der Waals surface area contributed by atoms with Crippen LogP contribution in [0.4, 0.5) is 4.79 Å². The number of nitrogens with two attached hydrogens (primary N) is 1. The quantitative estimate of drug-likeness (QED) is 0.686. The summed E-state index contributed by atoms with van der Waals surface area (Å²) in [5, 5.41) is 0.301. The van der Waals surface area contributed by atoms with E-state index in [1.54, 1.807) is 12.1 Å². The Morgan fingerprint density at radius 3 is 2.28 bits per heavy atom. The molecule has 1 aliphatic carbocycles. The second-order valence-corrected chi connectivity index (χ2v) is 4.96. The van der Waals surface area contributed by atoms with Crippen molar-refractivity contribution in [3.05, 3.63) is 35.4 Å². The van der Waals surface area contributed by atoms with Gasteiger partial charge in [-0.25, -0.2) is 4.79 Å². The average Bonchev–Trinajstić information content (AvgIpc) is 2.33. The zero-order chi connectivity index (χ0) is 13.2. The molecule has 2 rings (SSSR count). The molecule has 2 N–H and O–H groups in total. The van der Waals surface area contributed by atoms with Crippen LogP contribution in [0.2, 0.25) is 0 Å². The highest BCUT2D eigenvalue weighted by Gasteiger charge is 2.42. The molecule has 1 amide bonds. The van der Waals surface area contributed by atoms with Crippen molar-refractivity contribution in [2.75, 3.05) is 5.33 Å². The summed E-state index contributed by atoms with van der Waals surface area (Å²) >= 11 is 3.13. The van der Waals surface area contributed by atoms with Gasteiger partial charge in [0.05, 0.1) is 5.33 Å². The van der Waals surface area contributed by atoms with Crippen molar-refractivity contribution < 1.29 is 14.3 Å². The van der Waals surface area contributed by atoms with Gasteiger partial charge in [0, 0.05) is 5.56 Å². The first-order chi connectivity index (χ1) is 8.57. The van der Waals surface area contributed by atoms with Crippen LogP contribution in [-0.4, -0.2) is 17.2 Å². The zero-order valence-corrected chi connectivity index (χ0v) is 11.4. The lowest BCUT2D eigenvalue weighted by atomic mass is 9.74. The lowest BCUT2D eigenvalue weighted by Gasteiger charge is -2.40. The van der Waals surface area contributed by atoms with Gasteiger partial charge in [0.1, 0.15) is 5.60 Å². The molecule has 1 aliphatic rings. The molecule has 0 unspecified atom stereocenters. The Bertz CT molecular complexity index is 466. The fraction of sp³-hybridized carbons (Fsp3) is 0.385. The number of hydrogen-bond acceptors (Lipinski definition) is 3. The Balaban J connectivity index is 2.22. The summed E-state index contributed by atoms with van der Waals surface area (Å²) in [6.07, 6.45) is 1.81. The second-order valence-electron chi connectivity index (χ2n) is 4.40. The topological polar surface area (TPSA) is 69.4 Å². The minimum Gasteiger partial charge on any atom is -0.438 e. The largest absolute Gasteiger partial charge is 0.438 e. The van der Waals surface area contributed by atoms with E-state index in [-0.39, 0.29) is 5.78 Å². The van der Waals surface area contributed by atoms with Crippen molar-refractivity contribution in [2.24, 2.45) is 5.73 Å². The molecule has 1 fully saturated rings. The number of alkyl halides is 1. The third-order valence-corrected chi connectivity index (χ3v) is 3.82. The van der Waals surface area contributed by atoms with Crippen LogP contribution in [0.1, 0.15) is 35.2 Å². The number of carbonyl (C=O) groups excluding carboxylic acids is 2. The van der Waals surface area contributed by atoms with Crippen LogP contribution in [0.15, 0.2) is 24.3 Å². The Labute approximate surface area is 114 Å². The summed E-state index contributed by atoms with van der Waals surface area (Å²) in [5.41, 5.74) is 6.07. The maximum Gasteiger partial charge on any atom is 0.405 e. The predicted octanol–water partition coefficient (Wildman–Crippen LogP) is 2.74. The number of rotatable bonds is 4. The zero-order valence-electron chi connectivity index (χ0n) is 9.82. The third-order valence-electron chi connectivity index (χ3n) is 3.31. The van der Waals surface area contributed by atoms with Crippen molar-refractivity contribution in [2.45, 2.75) is 24.9 Å². The van der Waals surface area contributed by atoms with Gasteiger partial charge in [-0.3, -0.25) is 4.79 Å². The smallest absolute Gasteiger partial charge is 0.405 e. The molecule has 0 heterocycles. The van der Waals surface area contributed by atoms with Gasteiger partial charge in [-0.2, -0.15) is 0 Å². The molecule has 96 valence electrons. The molecule has 18 heavy (non-hydrogen) atoms. The highest BCUT2D eigenvalue weighted by molar-refractivity contribution is 9.09. The molecule has 1 aromatic carbocycles. The summed E-state index contributed by atoms with van der Waals surface area (Å²) in [6, 6.07) is 7.17. The first-order valence-electron chi connectivity index (χ1n) is 5.75. The van der Waals surface area contributed by atoms with Crippen molar-refractivity contribution in [1.82, 2.24) is 0 Å². The molecule has 4 nitrogen and oxygen atoms in total. The van der Waals surface area contributed by atoms with E-state index in [2.05, 4.69) is 15.9 Å². The monoisotopic (exact) mass is 311 g/mol. The summed E-state index contributed by atoms with van der Waals surface area (Å²) in [6.45, 7) is 0. The minimum absolute atomic E-state index is 0.0278. The lowest BCUT2D eigenvalue weighted by molar-refractivity contribution is -0.0490. The number of Topliss-reactive ketones (excluding diaryl/α,β-unsaturated/α-hetero) is 1. The van der Waals surface area contributed by atoms with Gasteiger partial charge in [-0.15, -0.1) is 0 Å². The molecule has 0 bridgehead atoms. The second kappa shape index (κ2) is 5.10. The fourth-order valence-corrected chi connectivity index (χ4v) is 2.50. The highest BCUT2D eigenvalue weighted by Crippen LogP contribution is 2.44. The molecule has 0 aromatic heterocycles. The number of carbonyl (C=O) groups is 2. The molecular weight excluding hydrogens is 298 g/mol. The first-order valence-corrected chi connectivity index (χ1v) is 6.88. The van der Waals surface area contributed by atoms with Crippen molar-refractivity contribution in [3.63, 3.8) is 0 Å². The van der Waals surface area contributed by atoms with Crippen LogP contribution in [0.25, 0.3) is 0 Å². The highest BCUT2D eigenvalue weighted by atomic mass is 79.9. The SMILES string of the molecule is NC(=O)OC1(c2ccc(C(=O)CBr)cc2)CCC1. The maximum atomic E-state index is 11.5. The molecule has 5 heteroatoms. The molecule has 0 radical (unpaired) electrons. The number of amides is 1. The van der Waals surface area contributed by atoms with Crippen LogP contribution in [0.3, 0.4) is 0 Å². The van der Waals surface area contributed by atoms with E-state index in [9.17, 15) is 9.59 Å². The van der Waals surface area contributed by atoms with Crippen LogP contribution in [-0.2, 0) is 10.3 Å². The van der Waals surface area contributed by atoms with E-state index in [4.69, 9.17) is 10.5 Å². The Morgan fingerprint density at radius 1 is 1.28 bits per heavy atom. The van der Waals surface area contributed by atoms with Gasteiger partial charge in [0.2, 0.25) is 0 Å². The fourth-order valence-electron chi connectivity index (χ4n) is 2.18. The van der Waals surface area contributed by atoms with Gasteiger partial charge in [0.25, 0.3) is 0 Å². The number of benzene rings is 1. The normalized spacial score (nSPS) is 16.7. The average molecular weight is 312 g/mol. The summed E-state index contributed by atoms with van der Waals surface area (Å²) in [5.74, 6) is 0.0278. The Hall–Kier alpha value is -1.36. The summed E-state index contributed by atoms with van der Waals surface area (Å²) in [4.78, 5) is 22.4. The molecule has 0 aliphatic heterocycles. The van der Waals surface area contributed by atoms with E-state index >= 15 is 0 Å². The molecule has 1 aromatic rings. The standard InChI is InChI=1S/C13H14BrNO3/c14-8-11(16)9-2-4-10(5-3-9)13(6-1-7-13)18-12(15)17/h2-5H,1,6-8H2,(H2,15,17). The van der Waals surface area contributed by atoms with Crippen molar-refractivity contribution >= 4 is 27.8 Å². The van der Waals surface area contributed by atoms with Crippen LogP contribution in [0, 0.1) is 0 Å². The number of ketones is 1. The lowest BCUT2D eigenvalue weighted by Crippen LogP contribution is -2.40. The van der Waals surface area contributed by atoms with Crippen LogP contribution < -0.4 is 5.73 Å². The van der Waals surface area contributed by atoms with Gasteiger partial charge >= 0.3 is 6.09 Å². The van der Waals surface area contributed by atoms with Gasteiger partial charge in [-0.05, 0) is 24.8 Å². The number of ether oxygens (including phenoxy) is 1. The predicted molar refractivity (Wildman–Crippen MR) is 70.8 cm³/mol. The molecule has 0 saturated heterocycles. The number of primary amides is 1. The number of hydrogen-bond donors (Lipinski definition) is 1. The molecule has 0 spiro atoms. The van der Waals surface area contributed by atoms with E-state index in [0.29, 0.717) is 10.9 Å². The van der Waals surface area contributed by atoms with Crippen molar-refractivity contribution in [1.29, 1.82) is 0 Å². The van der Waals surface area contributed by atoms with E-state index < -0.39 is 11.7 Å². The first kappa shape index (κ1) is 13.1. The number of halogens is 1.